The maximum absolute atomic E-state index is 4.08. The van der Waals surface area contributed by atoms with Crippen LogP contribution in [-0.2, 0) is 13.0 Å². The number of nitrogens with zero attached hydrogens (tertiary/aromatic N) is 4. The lowest BCUT2D eigenvalue weighted by Crippen LogP contribution is -2.08. The third-order valence-corrected chi connectivity index (χ3v) is 3.68. The van der Waals surface area contributed by atoms with E-state index in [-0.39, 0.29) is 0 Å². The van der Waals surface area contributed by atoms with Crippen molar-refractivity contribution in [1.29, 1.82) is 0 Å². The molecule has 0 fully saturated rings. The van der Waals surface area contributed by atoms with Crippen molar-refractivity contribution in [3.8, 4) is 5.69 Å². The van der Waals surface area contributed by atoms with E-state index in [0.29, 0.717) is 12.5 Å². The van der Waals surface area contributed by atoms with Crippen molar-refractivity contribution >= 4 is 5.95 Å². The number of aromatic nitrogens is 4. The summed E-state index contributed by atoms with van der Waals surface area (Å²) in [6.07, 6.45) is 1.01. The lowest BCUT2D eigenvalue weighted by molar-refractivity contribution is 0.789. The van der Waals surface area contributed by atoms with E-state index in [1.807, 2.05) is 24.3 Å². The minimum absolute atomic E-state index is 0.648. The Balaban J connectivity index is 1.79. The molecular formula is C17H19N5. The fourth-order valence-electron chi connectivity index (χ4n) is 2.41. The zero-order chi connectivity index (χ0) is 15.4. The molecule has 0 aliphatic carbocycles. The Morgan fingerprint density at radius 2 is 1.73 bits per heavy atom. The van der Waals surface area contributed by atoms with Crippen LogP contribution in [0.5, 0.6) is 0 Å². The first-order valence-corrected chi connectivity index (χ1v) is 7.44. The van der Waals surface area contributed by atoms with Crippen LogP contribution in [0.25, 0.3) is 5.69 Å². The lowest BCUT2D eigenvalue weighted by atomic mass is 10.1. The molecule has 2 aromatic carbocycles. The Kier molecular flexibility index (Phi) is 4.14. The number of nitrogens with one attached hydrogen (secondary N) is 1. The van der Waals surface area contributed by atoms with Gasteiger partial charge in [-0.1, -0.05) is 54.0 Å². The average Bonchev–Trinajstić information content (AvgIpc) is 3.02. The van der Waals surface area contributed by atoms with E-state index in [4.69, 9.17) is 0 Å². The van der Waals surface area contributed by atoms with Crippen molar-refractivity contribution in [2.75, 3.05) is 5.32 Å². The number of tetrazole rings is 1. The molecule has 1 aromatic heterocycles. The van der Waals surface area contributed by atoms with E-state index < -0.39 is 0 Å². The first kappa shape index (κ1) is 14.3. The Labute approximate surface area is 130 Å². The fraction of sp³-hybridized carbons (Fsp3) is 0.235. The van der Waals surface area contributed by atoms with Gasteiger partial charge in [0.2, 0.25) is 5.95 Å². The molecule has 1 heterocycles. The molecule has 3 aromatic rings. The van der Waals surface area contributed by atoms with E-state index in [1.54, 1.807) is 4.68 Å². The summed E-state index contributed by atoms with van der Waals surface area (Å²) in [7, 11) is 0. The van der Waals surface area contributed by atoms with Crippen molar-refractivity contribution in [3.63, 3.8) is 0 Å². The van der Waals surface area contributed by atoms with Gasteiger partial charge < -0.3 is 5.32 Å². The van der Waals surface area contributed by atoms with Gasteiger partial charge in [-0.3, -0.25) is 0 Å². The quantitative estimate of drug-likeness (QED) is 0.785. The lowest BCUT2D eigenvalue weighted by Gasteiger charge is -2.10. The van der Waals surface area contributed by atoms with Gasteiger partial charge in [-0.2, -0.15) is 4.68 Å². The fourth-order valence-corrected chi connectivity index (χ4v) is 2.41. The third-order valence-electron chi connectivity index (χ3n) is 3.68. The Hall–Kier alpha value is -2.69. The first-order valence-electron chi connectivity index (χ1n) is 7.44. The average molecular weight is 293 g/mol. The third kappa shape index (κ3) is 2.98. The van der Waals surface area contributed by atoms with Gasteiger partial charge in [0.1, 0.15) is 0 Å². The number of benzene rings is 2. The molecule has 0 bridgehead atoms. The smallest absolute Gasteiger partial charge is 0.248 e. The molecule has 0 aliphatic heterocycles. The second-order valence-electron chi connectivity index (χ2n) is 5.23. The highest BCUT2D eigenvalue weighted by Crippen LogP contribution is 2.15. The normalized spacial score (nSPS) is 10.6. The van der Waals surface area contributed by atoms with Crippen LogP contribution >= 0.6 is 0 Å². The summed E-state index contributed by atoms with van der Waals surface area (Å²) in [4.78, 5) is 0. The van der Waals surface area contributed by atoms with Crippen LogP contribution in [0.2, 0.25) is 0 Å². The Bertz CT molecular complexity index is 746. The standard InChI is InChI=1S/C17H19N5/c1-3-14-6-4-5-7-15(14)12-18-17-19-20-21-22(17)16-10-8-13(2)9-11-16/h4-11H,3,12H2,1-2H3,(H,18,19,21). The summed E-state index contributed by atoms with van der Waals surface area (Å²) < 4.78 is 1.72. The van der Waals surface area contributed by atoms with Crippen molar-refractivity contribution in [2.24, 2.45) is 0 Å². The maximum atomic E-state index is 4.08. The van der Waals surface area contributed by atoms with Crippen LogP contribution in [0.3, 0.4) is 0 Å². The Morgan fingerprint density at radius 3 is 2.45 bits per heavy atom. The number of hydrogen-bond donors (Lipinski definition) is 1. The molecule has 0 aliphatic rings. The van der Waals surface area contributed by atoms with Crippen molar-refractivity contribution in [2.45, 2.75) is 26.8 Å². The largest absolute Gasteiger partial charge is 0.349 e. The van der Waals surface area contributed by atoms with E-state index in [9.17, 15) is 0 Å². The highest BCUT2D eigenvalue weighted by atomic mass is 15.6. The predicted octanol–water partition coefficient (Wildman–Crippen LogP) is 3.15. The summed E-state index contributed by atoms with van der Waals surface area (Å²) in [5.74, 6) is 0.648. The van der Waals surface area contributed by atoms with E-state index in [0.717, 1.165) is 12.1 Å². The summed E-state index contributed by atoms with van der Waals surface area (Å²) in [5, 5.41) is 15.2. The minimum Gasteiger partial charge on any atom is -0.349 e. The van der Waals surface area contributed by atoms with Crippen LogP contribution in [-0.4, -0.2) is 20.2 Å². The molecule has 5 nitrogen and oxygen atoms in total. The topological polar surface area (TPSA) is 55.6 Å². The van der Waals surface area contributed by atoms with E-state index >= 15 is 0 Å². The van der Waals surface area contributed by atoms with Crippen LogP contribution in [0.4, 0.5) is 5.95 Å². The van der Waals surface area contributed by atoms with Gasteiger partial charge in [0.25, 0.3) is 0 Å². The molecule has 0 unspecified atom stereocenters. The Morgan fingerprint density at radius 1 is 1.00 bits per heavy atom. The molecule has 0 radical (unpaired) electrons. The molecule has 5 heteroatoms. The number of anilines is 1. The highest BCUT2D eigenvalue weighted by Gasteiger charge is 2.08. The SMILES string of the molecule is CCc1ccccc1CNc1nnnn1-c1ccc(C)cc1. The number of rotatable bonds is 5. The van der Waals surface area contributed by atoms with Gasteiger partial charge in [-0.15, -0.1) is 0 Å². The van der Waals surface area contributed by atoms with Crippen molar-refractivity contribution in [3.05, 3.63) is 65.2 Å². The molecule has 0 spiro atoms. The van der Waals surface area contributed by atoms with Gasteiger partial charge in [0.05, 0.1) is 5.69 Å². The molecule has 0 amide bonds. The molecule has 0 saturated heterocycles. The second kappa shape index (κ2) is 6.39. The number of hydrogen-bond acceptors (Lipinski definition) is 4. The first-order chi connectivity index (χ1) is 10.8. The van der Waals surface area contributed by atoms with E-state index in [1.165, 1.54) is 16.7 Å². The summed E-state index contributed by atoms with van der Waals surface area (Å²) >= 11 is 0. The molecule has 0 saturated carbocycles. The van der Waals surface area contributed by atoms with Gasteiger partial charge in [0.15, 0.2) is 0 Å². The molecule has 22 heavy (non-hydrogen) atoms. The summed E-state index contributed by atoms with van der Waals surface area (Å²) in [6.45, 7) is 4.93. The predicted molar refractivity (Wildman–Crippen MR) is 87.0 cm³/mol. The van der Waals surface area contributed by atoms with Gasteiger partial charge in [-0.05, 0) is 47.0 Å². The summed E-state index contributed by atoms with van der Waals surface area (Å²) in [5.41, 5.74) is 4.76. The molecule has 3 rings (SSSR count). The van der Waals surface area contributed by atoms with Crippen LogP contribution in [0, 0.1) is 6.92 Å². The molecule has 0 atom stereocenters. The van der Waals surface area contributed by atoms with Gasteiger partial charge in [0, 0.05) is 6.54 Å². The van der Waals surface area contributed by atoms with E-state index in [2.05, 4.69) is 59.0 Å². The van der Waals surface area contributed by atoms with Crippen LogP contribution < -0.4 is 5.32 Å². The van der Waals surface area contributed by atoms with Crippen molar-refractivity contribution < 1.29 is 0 Å². The number of aryl methyl sites for hydroxylation is 2. The zero-order valence-electron chi connectivity index (χ0n) is 12.8. The molecule has 1 N–H and O–H groups in total. The zero-order valence-corrected chi connectivity index (χ0v) is 12.8. The molecular weight excluding hydrogens is 274 g/mol. The summed E-state index contributed by atoms with van der Waals surface area (Å²) in [6, 6.07) is 16.5. The van der Waals surface area contributed by atoms with Gasteiger partial charge >= 0.3 is 0 Å². The van der Waals surface area contributed by atoms with Crippen molar-refractivity contribution in [1.82, 2.24) is 20.2 Å². The highest BCUT2D eigenvalue weighted by molar-refractivity contribution is 5.41. The minimum atomic E-state index is 0.648. The van der Waals surface area contributed by atoms with Crippen LogP contribution in [0.1, 0.15) is 23.6 Å². The molecule has 112 valence electrons. The second-order valence-corrected chi connectivity index (χ2v) is 5.23. The maximum Gasteiger partial charge on any atom is 0.248 e. The monoisotopic (exact) mass is 293 g/mol. The van der Waals surface area contributed by atoms with Gasteiger partial charge in [-0.25, -0.2) is 0 Å². The van der Waals surface area contributed by atoms with Crippen LogP contribution in [0.15, 0.2) is 48.5 Å².